The van der Waals surface area contributed by atoms with Gasteiger partial charge in [0.1, 0.15) is 17.0 Å². The van der Waals surface area contributed by atoms with Crippen LogP contribution >= 0.6 is 0 Å². The number of likely N-dealkylation sites (tertiary alicyclic amines) is 1. The standard InChI is InChI=1S/C22H30FNO4/c1-21(2,3)17-13-16(23)5-6-18(17)28-14-15-7-11-24(12-8-15)19(25)22(9-10-22)20(26)27-4/h5-6,13,15H,7-12,14H2,1-4H3. The highest BCUT2D eigenvalue weighted by Gasteiger charge is 2.59. The second kappa shape index (κ2) is 7.72. The molecule has 3 rings (SSSR count). The average Bonchev–Trinajstić information content (AvgIpc) is 3.47. The fourth-order valence-corrected chi connectivity index (χ4v) is 3.85. The van der Waals surface area contributed by atoms with Crippen LogP contribution in [0.1, 0.15) is 52.0 Å². The molecule has 1 aliphatic heterocycles. The molecule has 0 spiro atoms. The van der Waals surface area contributed by atoms with Crippen molar-refractivity contribution in [2.24, 2.45) is 11.3 Å². The van der Waals surface area contributed by atoms with Crippen LogP contribution in [0.15, 0.2) is 18.2 Å². The normalized spacial score (nSPS) is 19.2. The van der Waals surface area contributed by atoms with E-state index in [-0.39, 0.29) is 17.1 Å². The third-order valence-electron chi connectivity index (χ3n) is 5.86. The molecule has 1 aromatic carbocycles. The summed E-state index contributed by atoms with van der Waals surface area (Å²) in [6, 6.07) is 4.66. The maximum Gasteiger partial charge on any atom is 0.321 e. The molecule has 0 unspecified atom stereocenters. The minimum absolute atomic E-state index is 0.0905. The fraction of sp³-hybridized carbons (Fsp3) is 0.636. The lowest BCUT2D eigenvalue weighted by Gasteiger charge is -2.34. The highest BCUT2D eigenvalue weighted by molar-refractivity contribution is 6.05. The van der Waals surface area contributed by atoms with Gasteiger partial charge in [0.2, 0.25) is 5.91 Å². The van der Waals surface area contributed by atoms with E-state index in [0.717, 1.165) is 24.2 Å². The van der Waals surface area contributed by atoms with Gasteiger partial charge in [0.05, 0.1) is 13.7 Å². The van der Waals surface area contributed by atoms with Crippen LogP contribution in [0.3, 0.4) is 0 Å². The number of rotatable bonds is 5. The smallest absolute Gasteiger partial charge is 0.321 e. The van der Waals surface area contributed by atoms with Gasteiger partial charge in [-0.05, 0) is 55.2 Å². The Kier molecular flexibility index (Phi) is 5.69. The van der Waals surface area contributed by atoms with Crippen molar-refractivity contribution in [1.82, 2.24) is 4.90 Å². The minimum Gasteiger partial charge on any atom is -0.493 e. The topological polar surface area (TPSA) is 55.8 Å². The van der Waals surface area contributed by atoms with Crippen LogP contribution in [0.25, 0.3) is 0 Å². The van der Waals surface area contributed by atoms with Crippen LogP contribution in [0, 0.1) is 17.2 Å². The summed E-state index contributed by atoms with van der Waals surface area (Å²) >= 11 is 0. The molecular formula is C22H30FNO4. The van der Waals surface area contributed by atoms with Crippen molar-refractivity contribution < 1.29 is 23.5 Å². The molecule has 0 radical (unpaired) electrons. The third kappa shape index (κ3) is 4.15. The Morgan fingerprint density at radius 2 is 1.86 bits per heavy atom. The zero-order valence-corrected chi connectivity index (χ0v) is 17.2. The number of hydrogen-bond acceptors (Lipinski definition) is 4. The molecule has 5 nitrogen and oxygen atoms in total. The van der Waals surface area contributed by atoms with Crippen LogP contribution in [0.2, 0.25) is 0 Å². The second-order valence-electron chi connectivity index (χ2n) is 9.01. The molecule has 1 amide bonds. The summed E-state index contributed by atoms with van der Waals surface area (Å²) in [6.07, 6.45) is 2.83. The number of esters is 1. The molecule has 2 fully saturated rings. The highest BCUT2D eigenvalue weighted by Crippen LogP contribution is 2.48. The van der Waals surface area contributed by atoms with Gasteiger partial charge in [-0.2, -0.15) is 0 Å². The van der Waals surface area contributed by atoms with Crippen LogP contribution in [-0.4, -0.2) is 43.6 Å². The van der Waals surface area contributed by atoms with Gasteiger partial charge in [0.15, 0.2) is 0 Å². The largest absolute Gasteiger partial charge is 0.493 e. The number of hydrogen-bond donors (Lipinski definition) is 0. The summed E-state index contributed by atoms with van der Waals surface area (Å²) in [5.74, 6) is 0.287. The van der Waals surface area contributed by atoms with Crippen molar-refractivity contribution in [1.29, 1.82) is 0 Å². The molecule has 1 saturated heterocycles. The van der Waals surface area contributed by atoms with Crippen LogP contribution in [-0.2, 0) is 19.7 Å². The van der Waals surface area contributed by atoms with Crippen molar-refractivity contribution in [2.45, 2.75) is 51.9 Å². The Labute approximate surface area is 166 Å². The van der Waals surface area contributed by atoms with E-state index in [2.05, 4.69) is 0 Å². The van der Waals surface area contributed by atoms with E-state index in [9.17, 15) is 14.0 Å². The van der Waals surface area contributed by atoms with Gasteiger partial charge in [0, 0.05) is 18.7 Å². The summed E-state index contributed by atoms with van der Waals surface area (Å²) in [5.41, 5.74) is -0.276. The Morgan fingerprint density at radius 3 is 2.39 bits per heavy atom. The summed E-state index contributed by atoms with van der Waals surface area (Å²) in [4.78, 5) is 26.4. The molecule has 154 valence electrons. The van der Waals surface area contributed by atoms with Crippen molar-refractivity contribution in [2.75, 3.05) is 26.8 Å². The molecule has 2 aliphatic rings. The van der Waals surface area contributed by atoms with Crippen molar-refractivity contribution >= 4 is 11.9 Å². The molecule has 0 atom stereocenters. The first-order valence-electron chi connectivity index (χ1n) is 9.98. The summed E-state index contributed by atoms with van der Waals surface area (Å²) < 4.78 is 24.5. The number of carbonyl (C=O) groups is 2. The first-order chi connectivity index (χ1) is 13.2. The molecule has 0 bridgehead atoms. The molecule has 1 aliphatic carbocycles. The zero-order valence-electron chi connectivity index (χ0n) is 17.2. The number of halogens is 1. The van der Waals surface area contributed by atoms with E-state index in [1.807, 2.05) is 20.8 Å². The van der Waals surface area contributed by atoms with Gasteiger partial charge in [-0.15, -0.1) is 0 Å². The number of ether oxygens (including phenoxy) is 2. The summed E-state index contributed by atoms with van der Waals surface area (Å²) in [6.45, 7) is 7.90. The molecule has 28 heavy (non-hydrogen) atoms. The maximum absolute atomic E-state index is 13.6. The number of methoxy groups -OCH3 is 1. The Morgan fingerprint density at radius 1 is 1.21 bits per heavy atom. The Balaban J connectivity index is 1.55. The van der Waals surface area contributed by atoms with Crippen LogP contribution in [0.4, 0.5) is 4.39 Å². The predicted molar refractivity (Wildman–Crippen MR) is 104 cm³/mol. The number of piperidine rings is 1. The highest BCUT2D eigenvalue weighted by atomic mass is 19.1. The van der Waals surface area contributed by atoms with Gasteiger partial charge in [-0.25, -0.2) is 4.39 Å². The predicted octanol–water partition coefficient (Wildman–Crippen LogP) is 3.69. The summed E-state index contributed by atoms with van der Waals surface area (Å²) in [5, 5.41) is 0. The zero-order chi connectivity index (χ0) is 20.5. The molecular weight excluding hydrogens is 361 g/mol. The number of carbonyl (C=O) groups excluding carboxylic acids is 2. The number of benzene rings is 1. The van der Waals surface area contributed by atoms with Gasteiger partial charge < -0.3 is 14.4 Å². The quantitative estimate of drug-likeness (QED) is 0.567. The Hall–Kier alpha value is -2.11. The molecule has 6 heteroatoms. The fourth-order valence-electron chi connectivity index (χ4n) is 3.85. The van der Waals surface area contributed by atoms with E-state index < -0.39 is 11.4 Å². The first kappa shape index (κ1) is 20.6. The van der Waals surface area contributed by atoms with Gasteiger partial charge in [-0.3, -0.25) is 9.59 Å². The van der Waals surface area contributed by atoms with E-state index >= 15 is 0 Å². The monoisotopic (exact) mass is 391 g/mol. The SMILES string of the molecule is COC(=O)C1(C(=O)N2CCC(COc3ccc(F)cc3C(C)(C)C)CC2)CC1. The molecule has 0 N–H and O–H groups in total. The maximum atomic E-state index is 13.6. The summed E-state index contributed by atoms with van der Waals surface area (Å²) in [7, 11) is 1.33. The van der Waals surface area contributed by atoms with E-state index in [1.54, 1.807) is 17.0 Å². The number of nitrogens with zero attached hydrogens (tertiary/aromatic N) is 1. The van der Waals surface area contributed by atoms with Gasteiger partial charge in [0.25, 0.3) is 0 Å². The van der Waals surface area contributed by atoms with Crippen LogP contribution in [0.5, 0.6) is 5.75 Å². The lowest BCUT2D eigenvalue weighted by molar-refractivity contribution is -0.156. The molecule has 1 heterocycles. The lowest BCUT2D eigenvalue weighted by atomic mass is 9.86. The molecule has 1 saturated carbocycles. The van der Waals surface area contributed by atoms with Crippen molar-refractivity contribution in [3.63, 3.8) is 0 Å². The molecule has 0 aromatic heterocycles. The lowest BCUT2D eigenvalue weighted by Crippen LogP contribution is -2.46. The van der Waals surface area contributed by atoms with Crippen molar-refractivity contribution in [3.05, 3.63) is 29.6 Å². The van der Waals surface area contributed by atoms with Gasteiger partial charge in [-0.1, -0.05) is 20.8 Å². The van der Waals surface area contributed by atoms with Crippen LogP contribution < -0.4 is 4.74 Å². The Bertz CT molecular complexity index is 743. The number of amides is 1. The van der Waals surface area contributed by atoms with Crippen molar-refractivity contribution in [3.8, 4) is 5.75 Å². The average molecular weight is 391 g/mol. The third-order valence-corrected chi connectivity index (χ3v) is 5.86. The van der Waals surface area contributed by atoms with E-state index in [1.165, 1.54) is 13.2 Å². The minimum atomic E-state index is -0.923. The second-order valence-corrected chi connectivity index (χ2v) is 9.01. The van der Waals surface area contributed by atoms with E-state index in [4.69, 9.17) is 9.47 Å². The molecule has 1 aromatic rings. The van der Waals surface area contributed by atoms with Gasteiger partial charge >= 0.3 is 5.97 Å². The first-order valence-corrected chi connectivity index (χ1v) is 9.98. The van der Waals surface area contributed by atoms with E-state index in [0.29, 0.717) is 38.5 Å².